The van der Waals surface area contributed by atoms with Crippen molar-refractivity contribution in [3.8, 4) is 0 Å². The van der Waals surface area contributed by atoms with Gasteiger partial charge in [-0.05, 0) is 116 Å². The summed E-state index contributed by atoms with van der Waals surface area (Å²) in [5.74, 6) is -0.952. The molecule has 0 fully saturated rings. The first-order valence-electron chi connectivity index (χ1n) is 28.1. The van der Waals surface area contributed by atoms with Crippen molar-refractivity contribution in [2.45, 2.75) is 271 Å². The van der Waals surface area contributed by atoms with Gasteiger partial charge in [0.05, 0.1) is 0 Å². The van der Waals surface area contributed by atoms with Crippen molar-refractivity contribution in [3.05, 3.63) is 85.1 Å². The fourth-order valence-corrected chi connectivity index (χ4v) is 7.63. The molecule has 0 N–H and O–H groups in total. The second kappa shape index (κ2) is 55.2. The lowest BCUT2D eigenvalue weighted by Crippen LogP contribution is -2.30. The van der Waals surface area contributed by atoms with Crippen LogP contribution in [0.1, 0.15) is 265 Å². The molecule has 0 aliphatic heterocycles. The van der Waals surface area contributed by atoms with E-state index in [9.17, 15) is 14.4 Å². The van der Waals surface area contributed by atoms with Crippen LogP contribution < -0.4 is 0 Å². The fourth-order valence-electron chi connectivity index (χ4n) is 7.63. The molecule has 6 heteroatoms. The van der Waals surface area contributed by atoms with Gasteiger partial charge >= 0.3 is 17.9 Å². The Hall–Kier alpha value is -3.41. The number of hydrogen-bond acceptors (Lipinski definition) is 6. The Kier molecular flexibility index (Phi) is 52.4. The van der Waals surface area contributed by atoms with Gasteiger partial charge in [0.2, 0.25) is 0 Å². The summed E-state index contributed by atoms with van der Waals surface area (Å²) < 4.78 is 16.8. The van der Waals surface area contributed by atoms with Gasteiger partial charge in [0, 0.05) is 19.3 Å². The van der Waals surface area contributed by atoms with E-state index in [2.05, 4.69) is 106 Å². The standard InChI is InChI=1S/C61H104O6/c1-4-7-10-13-16-19-22-25-28-29-30-31-34-36-39-42-45-48-51-54-60(63)66-57-58(67-61(64)55-52-49-46-43-40-37-33-27-24-21-18-15-12-9-6-3)56-65-59(62)53-50-47-44-41-38-35-32-26-23-20-17-14-11-8-5-2/h8,11,17-18,20-21,25-28,32-33,38,41,58H,4-7,9-10,12-16,19,22-24,29-31,34-37,39-40,42-57H2,1-3H3/b11-8-,20-17-,21-18-,28-25-,32-26-,33-27-,41-38-/t58-/m1/s1. The van der Waals surface area contributed by atoms with E-state index in [1.54, 1.807) is 0 Å². The van der Waals surface area contributed by atoms with Gasteiger partial charge in [-0.15, -0.1) is 0 Å². The lowest BCUT2D eigenvalue weighted by atomic mass is 10.1. The zero-order chi connectivity index (χ0) is 48.6. The van der Waals surface area contributed by atoms with E-state index >= 15 is 0 Å². The summed E-state index contributed by atoms with van der Waals surface area (Å²) in [4.78, 5) is 38.1. The SMILES string of the molecule is CC/C=C\C/C=C\C/C=C\C/C=C\CCCCC(=O)OC[C@H](COC(=O)CCCCCCCCCCC/C=C\CCCCCCCC)OC(=O)CCCCCCC/C=C\C/C=C\CCCCC. The summed E-state index contributed by atoms with van der Waals surface area (Å²) in [7, 11) is 0. The maximum absolute atomic E-state index is 12.8. The Labute approximate surface area is 414 Å². The van der Waals surface area contributed by atoms with E-state index in [0.717, 1.165) is 109 Å². The molecule has 0 amide bonds. The predicted octanol–water partition coefficient (Wildman–Crippen LogP) is 18.8. The lowest BCUT2D eigenvalue weighted by Gasteiger charge is -2.18. The van der Waals surface area contributed by atoms with E-state index in [-0.39, 0.29) is 31.1 Å². The van der Waals surface area contributed by atoms with Crippen molar-refractivity contribution in [3.63, 3.8) is 0 Å². The highest BCUT2D eigenvalue weighted by Gasteiger charge is 2.19. The predicted molar refractivity (Wildman–Crippen MR) is 288 cm³/mol. The molecule has 1 atom stereocenters. The van der Waals surface area contributed by atoms with Crippen LogP contribution in [0.25, 0.3) is 0 Å². The van der Waals surface area contributed by atoms with E-state index < -0.39 is 6.10 Å². The molecule has 0 aromatic carbocycles. The highest BCUT2D eigenvalue weighted by atomic mass is 16.6. The van der Waals surface area contributed by atoms with Crippen LogP contribution in [-0.2, 0) is 28.6 Å². The Morgan fingerprint density at radius 1 is 0.313 bits per heavy atom. The van der Waals surface area contributed by atoms with Gasteiger partial charge in [-0.3, -0.25) is 14.4 Å². The Morgan fingerprint density at radius 3 is 0.985 bits per heavy atom. The molecule has 0 saturated heterocycles. The topological polar surface area (TPSA) is 78.9 Å². The number of ether oxygens (including phenoxy) is 3. The van der Waals surface area contributed by atoms with Gasteiger partial charge in [0.1, 0.15) is 13.2 Å². The number of esters is 3. The van der Waals surface area contributed by atoms with Crippen molar-refractivity contribution < 1.29 is 28.6 Å². The Balaban J connectivity index is 4.44. The molecule has 6 nitrogen and oxygen atoms in total. The van der Waals surface area contributed by atoms with Crippen LogP contribution >= 0.6 is 0 Å². The fraction of sp³-hybridized carbons (Fsp3) is 0.721. The molecule has 0 aliphatic rings. The van der Waals surface area contributed by atoms with Crippen molar-refractivity contribution in [1.82, 2.24) is 0 Å². The van der Waals surface area contributed by atoms with Crippen LogP contribution in [0.2, 0.25) is 0 Å². The Bertz CT molecular complexity index is 1300. The van der Waals surface area contributed by atoms with Crippen molar-refractivity contribution >= 4 is 17.9 Å². The average molecular weight is 933 g/mol. The van der Waals surface area contributed by atoms with Gasteiger partial charge in [-0.2, -0.15) is 0 Å². The van der Waals surface area contributed by atoms with Crippen molar-refractivity contribution in [2.24, 2.45) is 0 Å². The maximum Gasteiger partial charge on any atom is 0.306 e. The van der Waals surface area contributed by atoms with Crippen molar-refractivity contribution in [1.29, 1.82) is 0 Å². The van der Waals surface area contributed by atoms with E-state index in [0.29, 0.717) is 19.3 Å². The summed E-state index contributed by atoms with van der Waals surface area (Å²) in [5, 5.41) is 0. The van der Waals surface area contributed by atoms with Crippen LogP contribution in [0.5, 0.6) is 0 Å². The largest absolute Gasteiger partial charge is 0.462 e. The van der Waals surface area contributed by atoms with E-state index in [1.165, 1.54) is 116 Å². The molecule has 0 aliphatic carbocycles. The minimum Gasteiger partial charge on any atom is -0.462 e. The number of carbonyl (C=O) groups is 3. The average Bonchev–Trinajstić information content (AvgIpc) is 3.33. The van der Waals surface area contributed by atoms with Crippen LogP contribution in [-0.4, -0.2) is 37.2 Å². The van der Waals surface area contributed by atoms with Crippen LogP contribution in [0, 0.1) is 0 Å². The molecule has 67 heavy (non-hydrogen) atoms. The molecule has 0 aromatic rings. The molecule has 0 saturated carbocycles. The van der Waals surface area contributed by atoms with Gasteiger partial charge in [-0.1, -0.05) is 215 Å². The highest BCUT2D eigenvalue weighted by Crippen LogP contribution is 2.14. The molecule has 0 spiro atoms. The van der Waals surface area contributed by atoms with Crippen molar-refractivity contribution in [2.75, 3.05) is 13.2 Å². The first kappa shape index (κ1) is 63.6. The molecule has 0 unspecified atom stereocenters. The maximum atomic E-state index is 12.8. The van der Waals surface area contributed by atoms with Crippen LogP contribution in [0.15, 0.2) is 85.1 Å². The number of hydrogen-bond donors (Lipinski definition) is 0. The molecule has 0 rings (SSSR count). The molecular formula is C61H104O6. The molecule has 0 bridgehead atoms. The first-order valence-corrected chi connectivity index (χ1v) is 28.1. The molecular weight excluding hydrogens is 829 g/mol. The first-order chi connectivity index (χ1) is 33.0. The summed E-state index contributed by atoms with van der Waals surface area (Å²) in [6.45, 7) is 6.45. The third-order valence-corrected chi connectivity index (χ3v) is 11.9. The second-order valence-corrected chi connectivity index (χ2v) is 18.5. The minimum atomic E-state index is -0.802. The van der Waals surface area contributed by atoms with Gasteiger partial charge < -0.3 is 14.2 Å². The quantitative estimate of drug-likeness (QED) is 0.0262. The molecule has 0 aromatic heterocycles. The Morgan fingerprint density at radius 2 is 0.582 bits per heavy atom. The summed E-state index contributed by atoms with van der Waals surface area (Å²) in [6, 6.07) is 0. The van der Waals surface area contributed by atoms with E-state index in [1.807, 2.05) is 0 Å². The van der Waals surface area contributed by atoms with Gasteiger partial charge in [0.15, 0.2) is 6.10 Å². The summed E-state index contributed by atoms with van der Waals surface area (Å²) in [6.07, 6.45) is 71.4. The van der Waals surface area contributed by atoms with E-state index in [4.69, 9.17) is 14.2 Å². The third kappa shape index (κ3) is 53.4. The number of rotatable bonds is 50. The van der Waals surface area contributed by atoms with Gasteiger partial charge in [-0.25, -0.2) is 0 Å². The zero-order valence-electron chi connectivity index (χ0n) is 43.9. The molecule has 0 radical (unpaired) electrons. The number of carbonyl (C=O) groups excluding carboxylic acids is 3. The summed E-state index contributed by atoms with van der Waals surface area (Å²) >= 11 is 0. The lowest BCUT2D eigenvalue weighted by molar-refractivity contribution is -0.167. The summed E-state index contributed by atoms with van der Waals surface area (Å²) in [5.41, 5.74) is 0. The smallest absolute Gasteiger partial charge is 0.306 e. The normalized spacial score (nSPS) is 12.7. The van der Waals surface area contributed by atoms with Crippen LogP contribution in [0.3, 0.4) is 0 Å². The zero-order valence-corrected chi connectivity index (χ0v) is 43.9. The molecule has 0 heterocycles. The van der Waals surface area contributed by atoms with Crippen LogP contribution in [0.4, 0.5) is 0 Å². The highest BCUT2D eigenvalue weighted by molar-refractivity contribution is 5.71. The minimum absolute atomic E-state index is 0.0965. The third-order valence-electron chi connectivity index (χ3n) is 11.9. The number of unbranched alkanes of at least 4 members (excludes halogenated alkanes) is 25. The second-order valence-electron chi connectivity index (χ2n) is 18.5. The molecule has 384 valence electrons. The van der Waals surface area contributed by atoms with Gasteiger partial charge in [0.25, 0.3) is 0 Å². The number of allylic oxidation sites excluding steroid dienone is 14. The monoisotopic (exact) mass is 933 g/mol.